The monoisotopic (exact) mass is 422 g/mol. The molecule has 29 heavy (non-hydrogen) atoms. The third-order valence-corrected chi connectivity index (χ3v) is 6.29. The summed E-state index contributed by atoms with van der Waals surface area (Å²) in [5, 5.41) is 15.6. The van der Waals surface area contributed by atoms with Gasteiger partial charge in [-0.2, -0.15) is 0 Å². The molecule has 0 saturated carbocycles. The van der Waals surface area contributed by atoms with Gasteiger partial charge in [0.1, 0.15) is 17.0 Å². The molecule has 1 amide bonds. The van der Waals surface area contributed by atoms with Gasteiger partial charge in [0.2, 0.25) is 5.13 Å². The Kier molecular flexibility index (Phi) is 5.73. The van der Waals surface area contributed by atoms with Crippen molar-refractivity contribution in [3.05, 3.63) is 77.0 Å². The van der Waals surface area contributed by atoms with Crippen LogP contribution in [0.15, 0.2) is 63.5 Å². The summed E-state index contributed by atoms with van der Waals surface area (Å²) in [5.74, 6) is 0.944. The Balaban J connectivity index is 1.45. The molecule has 4 aromatic rings. The molecular weight excluding hydrogens is 404 g/mol. The van der Waals surface area contributed by atoms with E-state index in [1.807, 2.05) is 30.3 Å². The summed E-state index contributed by atoms with van der Waals surface area (Å²) in [6.45, 7) is 3.79. The Bertz CT molecular complexity index is 1120. The SMILES string of the molecule is Cc1ccc(CSc2nnc(NC(=O)c3c(-c4ccccc4)noc3C)s2)cc1. The summed E-state index contributed by atoms with van der Waals surface area (Å²) in [5.41, 5.74) is 4.19. The fraction of sp³-hybridized carbons (Fsp3) is 0.143. The van der Waals surface area contributed by atoms with E-state index in [1.165, 1.54) is 22.5 Å². The molecule has 0 radical (unpaired) electrons. The highest BCUT2D eigenvalue weighted by Crippen LogP contribution is 2.30. The van der Waals surface area contributed by atoms with Crippen molar-refractivity contribution < 1.29 is 9.32 Å². The second-order valence-corrected chi connectivity index (χ2v) is 8.63. The van der Waals surface area contributed by atoms with Crippen molar-refractivity contribution in [3.63, 3.8) is 0 Å². The van der Waals surface area contributed by atoms with E-state index in [9.17, 15) is 4.79 Å². The highest BCUT2D eigenvalue weighted by atomic mass is 32.2. The van der Waals surface area contributed by atoms with Crippen LogP contribution < -0.4 is 5.32 Å². The van der Waals surface area contributed by atoms with E-state index in [1.54, 1.807) is 18.7 Å². The molecule has 2 aromatic heterocycles. The van der Waals surface area contributed by atoms with Crippen molar-refractivity contribution in [1.82, 2.24) is 15.4 Å². The Hall–Kier alpha value is -2.97. The molecule has 0 aliphatic heterocycles. The van der Waals surface area contributed by atoms with Crippen LogP contribution in [0, 0.1) is 13.8 Å². The molecule has 146 valence electrons. The lowest BCUT2D eigenvalue weighted by Gasteiger charge is -2.02. The first-order valence-corrected chi connectivity index (χ1v) is 10.8. The van der Waals surface area contributed by atoms with Gasteiger partial charge >= 0.3 is 0 Å². The van der Waals surface area contributed by atoms with Crippen LogP contribution in [0.3, 0.4) is 0 Å². The van der Waals surface area contributed by atoms with E-state index in [-0.39, 0.29) is 5.91 Å². The molecule has 1 N–H and O–H groups in total. The molecule has 2 heterocycles. The highest BCUT2D eigenvalue weighted by Gasteiger charge is 2.22. The van der Waals surface area contributed by atoms with Crippen LogP contribution in [-0.4, -0.2) is 21.3 Å². The lowest BCUT2D eigenvalue weighted by molar-refractivity contribution is 0.102. The standard InChI is InChI=1S/C21H18N4O2S2/c1-13-8-10-15(11-9-13)12-28-21-24-23-20(29-21)22-19(26)17-14(2)27-25-18(17)16-6-4-3-5-7-16/h3-11H,12H2,1-2H3,(H,22,23,26). The largest absolute Gasteiger partial charge is 0.360 e. The average molecular weight is 423 g/mol. The van der Waals surface area contributed by atoms with Crippen molar-refractivity contribution in [2.45, 2.75) is 23.9 Å². The van der Waals surface area contributed by atoms with Crippen molar-refractivity contribution in [1.29, 1.82) is 0 Å². The lowest BCUT2D eigenvalue weighted by Crippen LogP contribution is -2.13. The topological polar surface area (TPSA) is 80.9 Å². The molecule has 0 aliphatic rings. The molecule has 0 spiro atoms. The minimum Gasteiger partial charge on any atom is -0.360 e. The number of carbonyl (C=O) groups excluding carboxylic acids is 1. The van der Waals surface area contributed by atoms with E-state index in [4.69, 9.17) is 4.52 Å². The highest BCUT2D eigenvalue weighted by molar-refractivity contribution is 8.00. The number of hydrogen-bond acceptors (Lipinski definition) is 7. The van der Waals surface area contributed by atoms with Gasteiger partial charge in [-0.25, -0.2) is 0 Å². The number of nitrogens with zero attached hydrogens (tertiary/aromatic N) is 3. The number of aryl methyl sites for hydroxylation is 2. The number of anilines is 1. The Morgan fingerprint density at radius 2 is 1.83 bits per heavy atom. The van der Waals surface area contributed by atoms with Gasteiger partial charge in [-0.1, -0.05) is 88.4 Å². The molecule has 0 unspecified atom stereocenters. The predicted molar refractivity (Wildman–Crippen MR) is 115 cm³/mol. The molecule has 0 bridgehead atoms. The molecule has 0 fully saturated rings. The van der Waals surface area contributed by atoms with Gasteiger partial charge in [0.15, 0.2) is 4.34 Å². The Morgan fingerprint density at radius 1 is 1.07 bits per heavy atom. The smallest absolute Gasteiger partial charge is 0.263 e. The normalized spacial score (nSPS) is 10.8. The fourth-order valence-electron chi connectivity index (χ4n) is 2.74. The number of carbonyl (C=O) groups is 1. The van der Waals surface area contributed by atoms with E-state index in [0.29, 0.717) is 22.1 Å². The van der Waals surface area contributed by atoms with Crippen LogP contribution in [0.1, 0.15) is 27.2 Å². The van der Waals surface area contributed by atoms with Gasteiger partial charge < -0.3 is 4.52 Å². The molecular formula is C21H18N4O2S2. The quantitative estimate of drug-likeness (QED) is 0.333. The van der Waals surface area contributed by atoms with Gasteiger partial charge in [-0.15, -0.1) is 10.2 Å². The second-order valence-electron chi connectivity index (χ2n) is 6.43. The van der Waals surface area contributed by atoms with Crippen LogP contribution in [0.25, 0.3) is 11.3 Å². The summed E-state index contributed by atoms with van der Waals surface area (Å²) in [4.78, 5) is 12.8. The maximum atomic E-state index is 12.8. The average Bonchev–Trinajstić information content (AvgIpc) is 3.34. The van der Waals surface area contributed by atoms with E-state index < -0.39 is 0 Å². The fourth-order valence-corrected chi connectivity index (χ4v) is 4.44. The summed E-state index contributed by atoms with van der Waals surface area (Å²) in [6, 6.07) is 17.9. The summed E-state index contributed by atoms with van der Waals surface area (Å²) in [6.07, 6.45) is 0. The van der Waals surface area contributed by atoms with Crippen molar-refractivity contribution in [2.75, 3.05) is 5.32 Å². The Labute approximate surface area is 176 Å². The molecule has 0 saturated heterocycles. The number of aromatic nitrogens is 3. The van der Waals surface area contributed by atoms with Crippen LogP contribution in [0.4, 0.5) is 5.13 Å². The van der Waals surface area contributed by atoms with Gasteiger partial charge in [-0.3, -0.25) is 10.1 Å². The van der Waals surface area contributed by atoms with Gasteiger partial charge in [0.25, 0.3) is 5.91 Å². The molecule has 4 rings (SSSR count). The predicted octanol–water partition coefficient (Wildman–Crippen LogP) is 5.35. The minimum absolute atomic E-state index is 0.311. The third-order valence-electron chi connectivity index (χ3n) is 4.25. The number of rotatable bonds is 6. The van der Waals surface area contributed by atoms with Crippen molar-refractivity contribution >= 4 is 34.1 Å². The van der Waals surface area contributed by atoms with Gasteiger partial charge in [0, 0.05) is 11.3 Å². The summed E-state index contributed by atoms with van der Waals surface area (Å²) < 4.78 is 6.06. The molecule has 8 heteroatoms. The number of nitrogens with one attached hydrogen (secondary N) is 1. The summed E-state index contributed by atoms with van der Waals surface area (Å²) in [7, 11) is 0. The second kappa shape index (κ2) is 8.59. The van der Waals surface area contributed by atoms with E-state index in [0.717, 1.165) is 15.7 Å². The number of hydrogen-bond donors (Lipinski definition) is 1. The van der Waals surface area contributed by atoms with Crippen LogP contribution in [0.5, 0.6) is 0 Å². The van der Waals surface area contributed by atoms with E-state index in [2.05, 4.69) is 51.9 Å². The molecule has 0 atom stereocenters. The van der Waals surface area contributed by atoms with Crippen LogP contribution >= 0.6 is 23.1 Å². The maximum Gasteiger partial charge on any atom is 0.263 e. The third kappa shape index (κ3) is 4.55. The summed E-state index contributed by atoms with van der Waals surface area (Å²) >= 11 is 2.94. The Morgan fingerprint density at radius 3 is 2.59 bits per heavy atom. The van der Waals surface area contributed by atoms with Crippen LogP contribution in [-0.2, 0) is 5.75 Å². The van der Waals surface area contributed by atoms with Gasteiger partial charge in [-0.05, 0) is 19.4 Å². The molecule has 6 nitrogen and oxygen atoms in total. The first-order chi connectivity index (χ1) is 14.1. The maximum absolute atomic E-state index is 12.8. The number of amides is 1. The zero-order valence-corrected chi connectivity index (χ0v) is 17.5. The number of benzene rings is 2. The molecule has 2 aromatic carbocycles. The van der Waals surface area contributed by atoms with Crippen molar-refractivity contribution in [2.24, 2.45) is 0 Å². The lowest BCUT2D eigenvalue weighted by atomic mass is 10.1. The van der Waals surface area contributed by atoms with E-state index >= 15 is 0 Å². The zero-order chi connectivity index (χ0) is 20.2. The van der Waals surface area contributed by atoms with Crippen LogP contribution in [0.2, 0.25) is 0 Å². The van der Waals surface area contributed by atoms with Crippen molar-refractivity contribution in [3.8, 4) is 11.3 Å². The molecule has 0 aliphatic carbocycles. The number of thioether (sulfide) groups is 1. The first-order valence-electron chi connectivity index (χ1n) is 8.95. The minimum atomic E-state index is -0.311. The van der Waals surface area contributed by atoms with Gasteiger partial charge in [0.05, 0.1) is 0 Å². The zero-order valence-electron chi connectivity index (χ0n) is 15.9. The first kappa shape index (κ1) is 19.4.